The van der Waals surface area contributed by atoms with Gasteiger partial charge in [0.15, 0.2) is 5.82 Å². The van der Waals surface area contributed by atoms with Crippen LogP contribution < -0.4 is 10.6 Å². The Morgan fingerprint density at radius 2 is 1.80 bits per heavy atom. The van der Waals surface area contributed by atoms with Crippen LogP contribution in [0.4, 0.5) is 37.6 Å². The van der Waals surface area contributed by atoms with Gasteiger partial charge in [0.2, 0.25) is 0 Å². The van der Waals surface area contributed by atoms with E-state index in [1.807, 2.05) is 6.07 Å². The van der Waals surface area contributed by atoms with Crippen molar-refractivity contribution in [3.8, 4) is 17.2 Å². The van der Waals surface area contributed by atoms with Crippen molar-refractivity contribution in [1.29, 1.82) is 5.26 Å². The molecule has 0 aliphatic carbocycles. The van der Waals surface area contributed by atoms with E-state index in [9.17, 15) is 27.6 Å². The van der Waals surface area contributed by atoms with Crippen LogP contribution in [-0.4, -0.2) is 51.7 Å². The van der Waals surface area contributed by atoms with Gasteiger partial charge in [-0.2, -0.15) is 18.4 Å². The molecule has 44 heavy (non-hydrogen) atoms. The van der Waals surface area contributed by atoms with Crippen molar-refractivity contribution >= 4 is 49.2 Å². The van der Waals surface area contributed by atoms with E-state index >= 15 is 4.39 Å². The van der Waals surface area contributed by atoms with Gasteiger partial charge in [-0.25, -0.2) is 23.5 Å². The fourth-order valence-electron chi connectivity index (χ4n) is 6.25. The van der Waals surface area contributed by atoms with Crippen LogP contribution in [0.3, 0.4) is 0 Å². The standard InChI is InChI=1S/C30H27F5N6O2S/c1-13-38-24-17(27(39-13)40-11-14-5-6-15(12-40)41(14)28(42)43-29(2,3)4)9-19(30(33,34)35)22(23(24)32)16-7-8-20(31)25-21(16)18(10-36)26(37)44-25/h7-9,14-15H,5-6,11-12,37H2,1-4H3. The number of hydrogen-bond donors (Lipinski definition) is 1. The second-order valence-electron chi connectivity index (χ2n) is 12.0. The lowest BCUT2D eigenvalue weighted by Crippen LogP contribution is -2.57. The Bertz CT molecular complexity index is 1880. The number of nitrogen functional groups attached to an aromatic ring is 1. The number of piperazine rings is 1. The largest absolute Gasteiger partial charge is 0.444 e. The van der Waals surface area contributed by atoms with Crippen molar-refractivity contribution in [2.24, 2.45) is 0 Å². The number of fused-ring (bicyclic) bond motifs is 4. The van der Waals surface area contributed by atoms with E-state index in [4.69, 9.17) is 10.5 Å². The van der Waals surface area contributed by atoms with Crippen LogP contribution in [0.2, 0.25) is 0 Å². The highest BCUT2D eigenvalue weighted by Gasteiger charge is 2.45. The van der Waals surface area contributed by atoms with Gasteiger partial charge in [0.05, 0.1) is 27.9 Å². The molecule has 4 aromatic rings. The number of nitriles is 1. The second-order valence-corrected chi connectivity index (χ2v) is 13.1. The Kier molecular flexibility index (Phi) is 6.88. The van der Waals surface area contributed by atoms with E-state index in [2.05, 4.69) is 9.97 Å². The smallest absolute Gasteiger partial charge is 0.417 e. The van der Waals surface area contributed by atoms with Gasteiger partial charge in [-0.15, -0.1) is 11.3 Å². The molecule has 230 valence electrons. The number of alkyl halides is 3. The van der Waals surface area contributed by atoms with Crippen molar-refractivity contribution in [3.05, 3.63) is 46.8 Å². The van der Waals surface area contributed by atoms with E-state index in [1.165, 1.54) is 6.92 Å². The molecule has 6 rings (SSSR count). The average molecular weight is 631 g/mol. The summed E-state index contributed by atoms with van der Waals surface area (Å²) in [6.45, 7) is 7.32. The summed E-state index contributed by atoms with van der Waals surface area (Å²) in [7, 11) is 0. The van der Waals surface area contributed by atoms with Gasteiger partial charge in [-0.1, -0.05) is 6.07 Å². The number of aryl methyl sites for hydroxylation is 1. The van der Waals surface area contributed by atoms with Crippen molar-refractivity contribution in [1.82, 2.24) is 14.9 Å². The first-order valence-corrected chi connectivity index (χ1v) is 14.7. The molecule has 4 heterocycles. The molecule has 2 aliphatic rings. The van der Waals surface area contributed by atoms with Crippen LogP contribution in [0.25, 0.3) is 32.1 Å². The van der Waals surface area contributed by atoms with Crippen molar-refractivity contribution in [2.75, 3.05) is 23.7 Å². The molecule has 0 spiro atoms. The number of halogens is 5. The van der Waals surface area contributed by atoms with Crippen LogP contribution in [0.5, 0.6) is 0 Å². The summed E-state index contributed by atoms with van der Waals surface area (Å²) in [5.74, 6) is -1.83. The van der Waals surface area contributed by atoms with Crippen molar-refractivity contribution < 1.29 is 31.5 Å². The molecule has 2 bridgehead atoms. The summed E-state index contributed by atoms with van der Waals surface area (Å²) in [5.41, 5.74) is 2.11. The highest BCUT2D eigenvalue weighted by atomic mass is 32.1. The molecule has 2 saturated heterocycles. The topological polar surface area (TPSA) is 108 Å². The number of ether oxygens (including phenoxy) is 1. The highest BCUT2D eigenvalue weighted by molar-refractivity contribution is 7.23. The van der Waals surface area contributed by atoms with Gasteiger partial charge in [0, 0.05) is 29.4 Å². The van der Waals surface area contributed by atoms with Gasteiger partial charge in [0.25, 0.3) is 0 Å². The Balaban J connectivity index is 1.53. The normalized spacial score (nSPS) is 18.7. The molecule has 0 radical (unpaired) electrons. The lowest BCUT2D eigenvalue weighted by atomic mass is 9.92. The molecular formula is C30H27F5N6O2S. The number of benzene rings is 2. The molecular weight excluding hydrogens is 603 g/mol. The van der Waals surface area contributed by atoms with Crippen LogP contribution in [0, 0.1) is 29.9 Å². The predicted octanol–water partition coefficient (Wildman–Crippen LogP) is 7.16. The first-order valence-electron chi connectivity index (χ1n) is 13.8. The third-order valence-corrected chi connectivity index (χ3v) is 8.94. The first kappa shape index (κ1) is 29.8. The molecule has 8 nitrogen and oxygen atoms in total. The number of rotatable bonds is 2. The summed E-state index contributed by atoms with van der Waals surface area (Å²) in [5, 5.41) is 9.25. The average Bonchev–Trinajstić information content (AvgIpc) is 3.40. The van der Waals surface area contributed by atoms with Crippen LogP contribution in [0.15, 0.2) is 18.2 Å². The number of hydrogen-bond acceptors (Lipinski definition) is 8. The molecule has 2 atom stereocenters. The molecule has 2 aromatic heterocycles. The van der Waals surface area contributed by atoms with Gasteiger partial charge < -0.3 is 15.4 Å². The van der Waals surface area contributed by atoms with E-state index in [1.54, 1.807) is 30.6 Å². The van der Waals surface area contributed by atoms with Gasteiger partial charge >= 0.3 is 12.3 Å². The van der Waals surface area contributed by atoms with E-state index in [0.717, 1.165) is 18.2 Å². The van der Waals surface area contributed by atoms with E-state index in [-0.39, 0.29) is 73.9 Å². The third-order valence-electron chi connectivity index (χ3n) is 7.91. The van der Waals surface area contributed by atoms with Gasteiger partial charge in [0.1, 0.15) is 39.6 Å². The van der Waals surface area contributed by atoms with E-state index in [0.29, 0.717) is 24.2 Å². The van der Waals surface area contributed by atoms with E-state index < -0.39 is 40.6 Å². The molecule has 14 heteroatoms. The Hall–Kier alpha value is -4.25. The number of anilines is 2. The Labute approximate surface area is 252 Å². The Morgan fingerprint density at radius 1 is 1.14 bits per heavy atom. The zero-order valence-electron chi connectivity index (χ0n) is 24.1. The van der Waals surface area contributed by atoms with Gasteiger partial charge in [-0.05, 0) is 58.2 Å². The number of amides is 1. The van der Waals surface area contributed by atoms with Crippen LogP contribution in [-0.2, 0) is 10.9 Å². The number of carbonyl (C=O) groups is 1. The molecule has 2 unspecified atom stereocenters. The fraction of sp³-hybridized carbons (Fsp3) is 0.400. The lowest BCUT2D eigenvalue weighted by Gasteiger charge is -2.42. The predicted molar refractivity (Wildman–Crippen MR) is 156 cm³/mol. The summed E-state index contributed by atoms with van der Waals surface area (Å²) in [6.07, 6.45) is -4.17. The van der Waals surface area contributed by atoms with Crippen LogP contribution >= 0.6 is 11.3 Å². The maximum absolute atomic E-state index is 16.6. The van der Waals surface area contributed by atoms with Crippen molar-refractivity contribution in [3.63, 3.8) is 0 Å². The minimum Gasteiger partial charge on any atom is -0.444 e. The SMILES string of the molecule is Cc1nc(N2CC3CCC(C2)N3C(=O)OC(C)(C)C)c2cc(C(F)(F)F)c(-c3ccc(F)c4sc(N)c(C#N)c34)c(F)c2n1. The van der Waals surface area contributed by atoms with Crippen molar-refractivity contribution in [2.45, 2.75) is 64.4 Å². The summed E-state index contributed by atoms with van der Waals surface area (Å²) >= 11 is 0.704. The van der Waals surface area contributed by atoms with Crippen LogP contribution in [0.1, 0.15) is 50.6 Å². The number of aromatic nitrogens is 2. The fourth-order valence-corrected chi connectivity index (χ4v) is 7.19. The summed E-state index contributed by atoms with van der Waals surface area (Å²) in [6, 6.07) is 4.02. The minimum atomic E-state index is -5.05. The number of nitrogens with two attached hydrogens (primary N) is 1. The lowest BCUT2D eigenvalue weighted by molar-refractivity contribution is -0.137. The van der Waals surface area contributed by atoms with Gasteiger partial charge in [-0.3, -0.25) is 4.90 Å². The molecule has 1 amide bonds. The monoisotopic (exact) mass is 630 g/mol. The molecule has 0 saturated carbocycles. The first-order chi connectivity index (χ1) is 20.6. The quantitative estimate of drug-likeness (QED) is 0.234. The number of carbonyl (C=O) groups excluding carboxylic acids is 1. The molecule has 2 aromatic carbocycles. The summed E-state index contributed by atoms with van der Waals surface area (Å²) in [4.78, 5) is 25.0. The zero-order chi connectivity index (χ0) is 31.9. The third kappa shape index (κ3) is 4.83. The molecule has 2 N–H and O–H groups in total. The Morgan fingerprint density at radius 3 is 2.39 bits per heavy atom. The second kappa shape index (κ2) is 10.2. The highest BCUT2D eigenvalue weighted by Crippen LogP contribution is 2.48. The summed E-state index contributed by atoms with van der Waals surface area (Å²) < 4.78 is 80.9. The minimum absolute atomic E-state index is 0.0933. The molecule has 2 fully saturated rings. The zero-order valence-corrected chi connectivity index (χ0v) is 25.0. The maximum atomic E-state index is 16.6. The molecule has 2 aliphatic heterocycles. The number of nitrogens with zero attached hydrogens (tertiary/aromatic N) is 5. The maximum Gasteiger partial charge on any atom is 0.417 e. The number of thiophene rings is 1.